The second-order valence-corrected chi connectivity index (χ2v) is 10.4. The number of nitrogens with zero attached hydrogens (tertiary/aromatic N) is 1. The number of carbonyl (C=O) groups excluding carboxylic acids is 1. The van der Waals surface area contributed by atoms with Crippen molar-refractivity contribution in [1.82, 2.24) is 9.62 Å². The summed E-state index contributed by atoms with van der Waals surface area (Å²) in [5.41, 5.74) is 2.43. The lowest BCUT2D eigenvalue weighted by Gasteiger charge is -2.32. The van der Waals surface area contributed by atoms with Gasteiger partial charge in [0.25, 0.3) is 0 Å². The van der Waals surface area contributed by atoms with Gasteiger partial charge in [0.15, 0.2) is 0 Å². The number of piperidine rings is 1. The number of rotatable bonds is 4. The van der Waals surface area contributed by atoms with E-state index in [9.17, 15) is 18.3 Å². The van der Waals surface area contributed by atoms with E-state index in [0.29, 0.717) is 30.8 Å². The molecule has 3 aliphatic rings. The molecule has 1 aliphatic heterocycles. The highest BCUT2D eigenvalue weighted by Crippen LogP contribution is 2.29. The molecule has 1 heterocycles. The van der Waals surface area contributed by atoms with E-state index in [1.807, 2.05) is 12.1 Å². The largest absolute Gasteiger partial charge is 0.393 e. The van der Waals surface area contributed by atoms with Crippen LogP contribution in [0.2, 0.25) is 0 Å². The number of hydrogen-bond acceptors (Lipinski definition) is 4. The molecule has 2 fully saturated rings. The minimum atomic E-state index is -3.49. The first-order valence-electron chi connectivity index (χ1n) is 10.5. The number of sulfonamides is 1. The maximum absolute atomic E-state index is 13.0. The molecule has 0 aromatic heterocycles. The van der Waals surface area contributed by atoms with Gasteiger partial charge in [0.2, 0.25) is 15.9 Å². The van der Waals surface area contributed by atoms with Crippen LogP contribution in [0.5, 0.6) is 0 Å². The van der Waals surface area contributed by atoms with E-state index < -0.39 is 10.0 Å². The molecule has 0 atom stereocenters. The molecule has 4 rings (SSSR count). The van der Waals surface area contributed by atoms with Gasteiger partial charge in [-0.2, -0.15) is 4.31 Å². The van der Waals surface area contributed by atoms with E-state index in [2.05, 4.69) is 5.32 Å². The topological polar surface area (TPSA) is 86.7 Å². The molecular weight excluding hydrogens is 376 g/mol. The van der Waals surface area contributed by atoms with Gasteiger partial charge in [0.05, 0.1) is 11.0 Å². The van der Waals surface area contributed by atoms with Crippen molar-refractivity contribution in [3.8, 4) is 0 Å². The molecule has 0 spiro atoms. The van der Waals surface area contributed by atoms with Crippen LogP contribution < -0.4 is 5.32 Å². The second-order valence-electron chi connectivity index (χ2n) is 8.48. The van der Waals surface area contributed by atoms with Crippen molar-refractivity contribution in [3.63, 3.8) is 0 Å². The van der Waals surface area contributed by atoms with Crippen molar-refractivity contribution >= 4 is 15.9 Å². The van der Waals surface area contributed by atoms with Crippen LogP contribution in [0.25, 0.3) is 0 Å². The molecule has 1 amide bonds. The Bertz CT molecular complexity index is 823. The van der Waals surface area contributed by atoms with Crippen molar-refractivity contribution in [2.75, 3.05) is 13.1 Å². The van der Waals surface area contributed by atoms with Gasteiger partial charge in [-0.3, -0.25) is 4.79 Å². The lowest BCUT2D eigenvalue weighted by atomic mass is 9.91. The molecular formula is C21H30N2O4S. The third-order valence-corrected chi connectivity index (χ3v) is 8.47. The maximum atomic E-state index is 13.0. The molecule has 28 heavy (non-hydrogen) atoms. The zero-order valence-electron chi connectivity index (χ0n) is 16.3. The average Bonchev–Trinajstić information content (AvgIpc) is 3.17. The lowest BCUT2D eigenvalue weighted by Crippen LogP contribution is -2.46. The molecule has 2 N–H and O–H groups in total. The van der Waals surface area contributed by atoms with Crippen LogP contribution in [0, 0.1) is 5.92 Å². The van der Waals surface area contributed by atoms with Gasteiger partial charge in [0, 0.05) is 25.0 Å². The number of benzene rings is 1. The van der Waals surface area contributed by atoms with Gasteiger partial charge >= 0.3 is 0 Å². The fourth-order valence-electron chi connectivity index (χ4n) is 4.76. The van der Waals surface area contributed by atoms with E-state index in [1.165, 1.54) is 9.87 Å². The van der Waals surface area contributed by atoms with Gasteiger partial charge in [-0.15, -0.1) is 0 Å². The molecule has 1 aromatic carbocycles. The van der Waals surface area contributed by atoms with E-state index >= 15 is 0 Å². The highest BCUT2D eigenvalue weighted by molar-refractivity contribution is 7.89. The lowest BCUT2D eigenvalue weighted by molar-refractivity contribution is -0.127. The Kier molecular flexibility index (Phi) is 5.76. The van der Waals surface area contributed by atoms with Gasteiger partial charge < -0.3 is 10.4 Å². The van der Waals surface area contributed by atoms with Crippen LogP contribution in [-0.2, 0) is 27.7 Å². The van der Waals surface area contributed by atoms with E-state index in [4.69, 9.17) is 0 Å². The van der Waals surface area contributed by atoms with Crippen molar-refractivity contribution in [2.24, 2.45) is 5.92 Å². The van der Waals surface area contributed by atoms with Crippen molar-refractivity contribution < 1.29 is 18.3 Å². The number of aliphatic hydroxyl groups is 1. The van der Waals surface area contributed by atoms with Gasteiger partial charge in [-0.1, -0.05) is 6.07 Å². The zero-order valence-corrected chi connectivity index (χ0v) is 17.1. The summed E-state index contributed by atoms with van der Waals surface area (Å²) >= 11 is 0. The molecule has 7 heteroatoms. The Labute approximate surface area is 167 Å². The summed E-state index contributed by atoms with van der Waals surface area (Å²) in [5, 5.41) is 12.7. The summed E-state index contributed by atoms with van der Waals surface area (Å²) < 4.78 is 27.6. The first kappa shape index (κ1) is 19.9. The fraction of sp³-hybridized carbons (Fsp3) is 0.667. The minimum absolute atomic E-state index is 0.0379. The zero-order chi connectivity index (χ0) is 19.7. The van der Waals surface area contributed by atoms with Crippen molar-refractivity contribution in [1.29, 1.82) is 0 Å². The van der Waals surface area contributed by atoms with Gasteiger partial charge in [0.1, 0.15) is 0 Å². The number of nitrogens with one attached hydrogen (secondary N) is 1. The normalized spacial score (nSPS) is 26.8. The SMILES string of the molecule is O=C(NC1CCC(O)CC1)C1CCN(S(=O)(=O)c2ccc3c(c2)CCC3)CC1. The van der Waals surface area contributed by atoms with Gasteiger partial charge in [-0.25, -0.2) is 8.42 Å². The maximum Gasteiger partial charge on any atom is 0.243 e. The molecule has 154 valence electrons. The van der Waals surface area contributed by atoms with Crippen molar-refractivity contribution in [2.45, 2.75) is 74.8 Å². The Balaban J connectivity index is 1.33. The number of carbonyl (C=O) groups is 1. The molecule has 1 saturated carbocycles. The van der Waals surface area contributed by atoms with Crippen LogP contribution in [0.15, 0.2) is 23.1 Å². The third kappa shape index (κ3) is 4.11. The Hall–Kier alpha value is -1.44. The van der Waals surface area contributed by atoms with Crippen LogP contribution in [0.3, 0.4) is 0 Å². The second kappa shape index (κ2) is 8.13. The van der Waals surface area contributed by atoms with E-state index in [-0.39, 0.29) is 24.0 Å². The minimum Gasteiger partial charge on any atom is -0.393 e. The number of aryl methyl sites for hydroxylation is 2. The standard InChI is InChI=1S/C21H30N2O4S/c24-19-7-5-18(6-8-19)22-21(25)16-10-12-23(13-11-16)28(26,27)20-9-4-15-2-1-3-17(15)14-20/h4,9,14,16,18-19,24H,1-3,5-8,10-13H2,(H,22,25). The first-order valence-corrected chi connectivity index (χ1v) is 12.0. The number of hydrogen-bond donors (Lipinski definition) is 2. The molecule has 6 nitrogen and oxygen atoms in total. The molecule has 1 aromatic rings. The van der Waals surface area contributed by atoms with E-state index in [1.54, 1.807) is 6.07 Å². The summed E-state index contributed by atoms with van der Waals surface area (Å²) in [6, 6.07) is 5.67. The van der Waals surface area contributed by atoms with Gasteiger partial charge in [-0.05, 0) is 81.0 Å². The predicted octanol–water partition coefficient (Wildman–Crippen LogP) is 2.00. The van der Waals surface area contributed by atoms with E-state index in [0.717, 1.165) is 50.5 Å². The summed E-state index contributed by atoms with van der Waals surface area (Å²) in [6.45, 7) is 0.780. The number of amides is 1. The smallest absolute Gasteiger partial charge is 0.243 e. The summed E-state index contributed by atoms with van der Waals surface area (Å²) in [5.74, 6) is -0.0886. The Morgan fingerprint density at radius 1 is 1.00 bits per heavy atom. The highest BCUT2D eigenvalue weighted by atomic mass is 32.2. The molecule has 0 radical (unpaired) electrons. The van der Waals surface area contributed by atoms with Crippen LogP contribution >= 0.6 is 0 Å². The number of fused-ring (bicyclic) bond motifs is 1. The first-order chi connectivity index (χ1) is 13.4. The molecule has 1 saturated heterocycles. The fourth-order valence-corrected chi connectivity index (χ4v) is 6.28. The molecule has 2 aliphatic carbocycles. The highest BCUT2D eigenvalue weighted by Gasteiger charge is 2.33. The summed E-state index contributed by atoms with van der Waals surface area (Å²) in [4.78, 5) is 12.9. The monoisotopic (exact) mass is 406 g/mol. The predicted molar refractivity (Wildman–Crippen MR) is 106 cm³/mol. The Morgan fingerprint density at radius 2 is 1.68 bits per heavy atom. The van der Waals surface area contributed by atoms with Crippen LogP contribution in [-0.4, -0.2) is 49.0 Å². The average molecular weight is 407 g/mol. The number of aliphatic hydroxyl groups excluding tert-OH is 1. The van der Waals surface area contributed by atoms with Crippen molar-refractivity contribution in [3.05, 3.63) is 29.3 Å². The third-order valence-electron chi connectivity index (χ3n) is 6.58. The quantitative estimate of drug-likeness (QED) is 0.801. The Morgan fingerprint density at radius 3 is 2.39 bits per heavy atom. The summed E-state index contributed by atoms with van der Waals surface area (Å²) in [7, 11) is -3.49. The molecule has 0 bridgehead atoms. The summed E-state index contributed by atoms with van der Waals surface area (Å²) in [6.07, 6.45) is 7.09. The van der Waals surface area contributed by atoms with Crippen LogP contribution in [0.1, 0.15) is 56.1 Å². The van der Waals surface area contributed by atoms with Crippen LogP contribution in [0.4, 0.5) is 0 Å². The molecule has 0 unspecified atom stereocenters.